The van der Waals surface area contributed by atoms with E-state index in [1.807, 2.05) is 0 Å². The molecule has 0 aliphatic heterocycles. The number of rotatable bonds is 10. The summed E-state index contributed by atoms with van der Waals surface area (Å²) in [7, 11) is 0. The predicted molar refractivity (Wildman–Crippen MR) is 51.1 cm³/mol. The molecule has 0 unspecified atom stereocenters. The number of ether oxygens (including phenoxy) is 2. The van der Waals surface area contributed by atoms with Crippen molar-refractivity contribution in [2.24, 2.45) is 0 Å². The van der Waals surface area contributed by atoms with Crippen molar-refractivity contribution < 1.29 is 23.9 Å². The number of aldehydes is 1. The third kappa shape index (κ3) is 10.5. The van der Waals surface area contributed by atoms with Crippen molar-refractivity contribution in [3.63, 3.8) is 0 Å². The van der Waals surface area contributed by atoms with Crippen LogP contribution in [-0.4, -0.2) is 45.0 Å². The van der Waals surface area contributed by atoms with Gasteiger partial charge in [-0.2, -0.15) is 0 Å². The number of nitrogens with one attached hydrogen (secondary N) is 1. The molecule has 0 aromatic carbocycles. The minimum atomic E-state index is -0.358. The first kappa shape index (κ1) is 13.6. The van der Waals surface area contributed by atoms with Crippen LogP contribution in [0, 0.1) is 0 Å². The largest absolute Gasteiger partial charge is 0.464 e. The molecule has 1 N–H and O–H groups in total. The Bertz CT molecular complexity index is 195. The minimum absolute atomic E-state index is 0.0753. The molecule has 0 radical (unpaired) electrons. The van der Waals surface area contributed by atoms with E-state index in [0.717, 1.165) is 6.29 Å². The van der Waals surface area contributed by atoms with Crippen molar-refractivity contribution >= 4 is 18.7 Å². The van der Waals surface area contributed by atoms with E-state index in [2.05, 4.69) is 10.1 Å². The molecule has 0 aliphatic rings. The smallest absolute Gasteiger partial charge is 0.307 e. The lowest BCUT2D eigenvalue weighted by atomic mass is 10.4. The Morgan fingerprint density at radius 1 is 1.20 bits per heavy atom. The fourth-order valence-corrected chi connectivity index (χ4v) is 0.800. The minimum Gasteiger partial charge on any atom is -0.464 e. The van der Waals surface area contributed by atoms with Crippen molar-refractivity contribution in [2.75, 3.05) is 26.3 Å². The molecule has 6 nitrogen and oxygen atoms in total. The molecule has 0 aromatic rings. The van der Waals surface area contributed by atoms with Gasteiger partial charge in [0.15, 0.2) is 0 Å². The Morgan fingerprint density at radius 2 is 2.00 bits per heavy atom. The molecule has 0 saturated heterocycles. The molecule has 0 atom stereocenters. The van der Waals surface area contributed by atoms with Gasteiger partial charge in [-0.1, -0.05) is 0 Å². The van der Waals surface area contributed by atoms with Gasteiger partial charge in [-0.15, -0.1) is 0 Å². The summed E-state index contributed by atoms with van der Waals surface area (Å²) in [5.74, 6) is -0.358. The third-order valence-electron chi connectivity index (χ3n) is 1.48. The molecule has 0 aliphatic carbocycles. The summed E-state index contributed by atoms with van der Waals surface area (Å²) >= 11 is 0. The molecular weight excluding hydrogens is 202 g/mol. The summed E-state index contributed by atoms with van der Waals surface area (Å²) in [6.07, 6.45) is 1.48. The maximum atomic E-state index is 11.0. The van der Waals surface area contributed by atoms with Gasteiger partial charge in [0.2, 0.25) is 0 Å². The van der Waals surface area contributed by atoms with Gasteiger partial charge in [0.25, 0.3) is 6.47 Å². The second-order valence-electron chi connectivity index (χ2n) is 2.64. The van der Waals surface area contributed by atoms with E-state index in [9.17, 15) is 14.4 Å². The maximum absolute atomic E-state index is 11.0. The number of esters is 1. The van der Waals surface area contributed by atoms with E-state index in [0.29, 0.717) is 26.0 Å². The van der Waals surface area contributed by atoms with Crippen molar-refractivity contribution in [3.05, 3.63) is 0 Å². The average molecular weight is 217 g/mol. The second-order valence-corrected chi connectivity index (χ2v) is 2.64. The summed E-state index contributed by atoms with van der Waals surface area (Å²) in [5, 5.41) is 2.90. The lowest BCUT2D eigenvalue weighted by Crippen LogP contribution is -2.21. The molecule has 0 fully saturated rings. The summed E-state index contributed by atoms with van der Waals surface area (Å²) in [6.45, 7) is 1.49. The normalized spacial score (nSPS) is 9.33. The molecule has 0 bridgehead atoms. The molecule has 6 heteroatoms. The summed E-state index contributed by atoms with van der Waals surface area (Å²) in [4.78, 5) is 30.6. The van der Waals surface area contributed by atoms with E-state index >= 15 is 0 Å². The van der Waals surface area contributed by atoms with Gasteiger partial charge < -0.3 is 19.6 Å². The number of hydrogen-bond acceptors (Lipinski definition) is 6. The van der Waals surface area contributed by atoms with Crippen LogP contribution in [0.2, 0.25) is 0 Å². The fraction of sp³-hybridized carbons (Fsp3) is 0.667. The number of carbonyl (C=O) groups excluding carboxylic acids is 3. The van der Waals surface area contributed by atoms with Gasteiger partial charge in [0.05, 0.1) is 6.42 Å². The Labute approximate surface area is 87.9 Å². The van der Waals surface area contributed by atoms with Crippen LogP contribution in [0.5, 0.6) is 0 Å². The topological polar surface area (TPSA) is 81.7 Å². The molecule has 0 heterocycles. The average Bonchev–Trinajstić information content (AvgIpc) is 2.24. The van der Waals surface area contributed by atoms with Gasteiger partial charge >= 0.3 is 5.97 Å². The van der Waals surface area contributed by atoms with Crippen LogP contribution >= 0.6 is 0 Å². The van der Waals surface area contributed by atoms with Crippen LogP contribution in [0.1, 0.15) is 12.8 Å². The van der Waals surface area contributed by atoms with Crippen molar-refractivity contribution in [2.45, 2.75) is 12.8 Å². The molecular formula is C9H15NO5. The summed E-state index contributed by atoms with van der Waals surface area (Å²) in [6, 6.07) is 0. The van der Waals surface area contributed by atoms with Crippen LogP contribution < -0.4 is 5.32 Å². The van der Waals surface area contributed by atoms with Crippen LogP contribution in [0.3, 0.4) is 0 Å². The van der Waals surface area contributed by atoms with E-state index < -0.39 is 0 Å². The van der Waals surface area contributed by atoms with Crippen molar-refractivity contribution in [1.82, 2.24) is 5.32 Å². The highest BCUT2D eigenvalue weighted by Crippen LogP contribution is 1.85. The second kappa shape index (κ2) is 10.6. The van der Waals surface area contributed by atoms with Crippen LogP contribution in [0.4, 0.5) is 0 Å². The summed E-state index contributed by atoms with van der Waals surface area (Å²) in [5.41, 5.74) is 0. The lowest BCUT2D eigenvalue weighted by molar-refractivity contribution is -0.147. The first-order valence-electron chi connectivity index (χ1n) is 4.66. The number of hydrogen-bond donors (Lipinski definition) is 1. The van der Waals surface area contributed by atoms with Gasteiger partial charge in [0.1, 0.15) is 19.5 Å². The highest BCUT2D eigenvalue weighted by Gasteiger charge is 2.01. The van der Waals surface area contributed by atoms with Gasteiger partial charge in [-0.05, 0) is 0 Å². The van der Waals surface area contributed by atoms with Crippen LogP contribution in [0.25, 0.3) is 0 Å². The monoisotopic (exact) mass is 217 g/mol. The van der Waals surface area contributed by atoms with E-state index in [4.69, 9.17) is 4.74 Å². The van der Waals surface area contributed by atoms with E-state index in [-0.39, 0.29) is 25.6 Å². The van der Waals surface area contributed by atoms with E-state index in [1.54, 1.807) is 0 Å². The molecule has 0 rings (SSSR count). The fourth-order valence-electron chi connectivity index (χ4n) is 0.800. The van der Waals surface area contributed by atoms with Crippen molar-refractivity contribution in [1.29, 1.82) is 0 Å². The highest BCUT2D eigenvalue weighted by atomic mass is 16.6. The Morgan fingerprint density at radius 3 is 2.67 bits per heavy atom. The molecule has 0 amide bonds. The van der Waals surface area contributed by atoms with Gasteiger partial charge in [-0.3, -0.25) is 9.59 Å². The number of carbonyl (C=O) groups is 3. The zero-order valence-corrected chi connectivity index (χ0v) is 8.44. The van der Waals surface area contributed by atoms with Crippen LogP contribution in [-0.2, 0) is 23.9 Å². The van der Waals surface area contributed by atoms with E-state index in [1.165, 1.54) is 0 Å². The Hall–Kier alpha value is -1.43. The Balaban J connectivity index is 3.18. The first-order chi connectivity index (χ1) is 7.31. The third-order valence-corrected chi connectivity index (χ3v) is 1.48. The standard InChI is InChI=1S/C9H15NO5/c11-5-1-3-10-4-2-9(13)15-7-6-14-8-12/h5,8,10H,1-4,6-7H2. The SMILES string of the molecule is O=CCCNCCC(=O)OCCOC=O. The Kier molecular flexibility index (Phi) is 9.63. The predicted octanol–water partition coefficient (Wildman–Crippen LogP) is -0.729. The first-order valence-corrected chi connectivity index (χ1v) is 4.66. The molecule has 15 heavy (non-hydrogen) atoms. The molecule has 0 saturated carbocycles. The maximum Gasteiger partial charge on any atom is 0.307 e. The summed E-state index contributed by atoms with van der Waals surface area (Å²) < 4.78 is 9.05. The zero-order chi connectivity index (χ0) is 11.4. The molecule has 86 valence electrons. The highest BCUT2D eigenvalue weighted by molar-refractivity contribution is 5.69. The van der Waals surface area contributed by atoms with Crippen molar-refractivity contribution in [3.8, 4) is 0 Å². The quantitative estimate of drug-likeness (QED) is 0.295. The molecule has 0 spiro atoms. The van der Waals surface area contributed by atoms with Gasteiger partial charge in [-0.25, -0.2) is 0 Å². The lowest BCUT2D eigenvalue weighted by Gasteiger charge is -2.04. The van der Waals surface area contributed by atoms with Gasteiger partial charge in [0, 0.05) is 19.5 Å². The molecule has 0 aromatic heterocycles. The zero-order valence-electron chi connectivity index (χ0n) is 8.44. The van der Waals surface area contributed by atoms with Crippen LogP contribution in [0.15, 0.2) is 0 Å².